The molecule has 10 nitrogen and oxygen atoms in total. The Morgan fingerprint density at radius 3 is 1.46 bits per heavy atom. The number of hydrogen-bond donors (Lipinski definition) is 2. The normalized spacial score (nSPS) is 26.9. The molecule has 0 radical (unpaired) electrons. The van der Waals surface area contributed by atoms with Crippen LogP contribution in [0.15, 0.2) is 0 Å². The number of aliphatic carboxylic acids is 2. The van der Waals surface area contributed by atoms with Crippen LogP contribution < -0.4 is 0 Å². The Kier molecular flexibility index (Phi) is 7.34. The first kappa shape index (κ1) is 20.1. The average Bonchev–Trinajstić information content (AvgIpc) is 3.10. The van der Waals surface area contributed by atoms with Crippen molar-refractivity contribution in [1.82, 2.24) is 0 Å². The van der Waals surface area contributed by atoms with E-state index in [9.17, 15) is 19.2 Å². The average molecular weight is 374 g/mol. The minimum Gasteiger partial charge on any atom is -0.481 e. The molecule has 4 atom stereocenters. The Morgan fingerprint density at radius 2 is 1.12 bits per heavy atom. The minimum absolute atomic E-state index is 0.0117. The van der Waals surface area contributed by atoms with Crippen molar-refractivity contribution in [3.63, 3.8) is 0 Å². The van der Waals surface area contributed by atoms with E-state index < -0.39 is 48.3 Å². The molecule has 0 aromatic carbocycles. The Balaban J connectivity index is 1.72. The number of hydrogen-bond acceptors (Lipinski definition) is 8. The lowest BCUT2D eigenvalue weighted by molar-refractivity contribution is -0.155. The Labute approximate surface area is 149 Å². The van der Waals surface area contributed by atoms with Gasteiger partial charge in [0.05, 0.1) is 13.2 Å². The van der Waals surface area contributed by atoms with Crippen LogP contribution in [0.2, 0.25) is 0 Å². The molecule has 26 heavy (non-hydrogen) atoms. The number of carboxylic acid groups (broad SMARTS) is 2. The van der Waals surface area contributed by atoms with Crippen molar-refractivity contribution >= 4 is 23.9 Å². The van der Waals surface area contributed by atoms with Crippen molar-refractivity contribution in [3.8, 4) is 0 Å². The van der Waals surface area contributed by atoms with Crippen molar-refractivity contribution in [3.05, 3.63) is 0 Å². The fraction of sp³-hybridized carbons (Fsp3) is 0.750. The molecule has 0 aromatic heterocycles. The molecule has 2 saturated heterocycles. The second-order valence-electron chi connectivity index (χ2n) is 6.15. The number of carboxylic acids is 2. The second-order valence-corrected chi connectivity index (χ2v) is 6.15. The standard InChI is InChI=1S/C16H22O10/c17-11(18)3-1-5-13(21)25-9-7-23-16-10(8-24-15(9)16)26-14(22)6-2-4-12(19)20/h9-10,15-16H,1-8H2,(H,17,18)(H,19,20)/t9-,10-,15+,16+/m0/s1. The molecule has 2 heterocycles. The van der Waals surface area contributed by atoms with E-state index in [0.29, 0.717) is 0 Å². The zero-order valence-corrected chi connectivity index (χ0v) is 14.1. The van der Waals surface area contributed by atoms with Crippen LogP contribution in [0.25, 0.3) is 0 Å². The summed E-state index contributed by atoms with van der Waals surface area (Å²) < 4.78 is 21.6. The number of fused-ring (bicyclic) bond motifs is 1. The maximum atomic E-state index is 11.7. The molecule has 0 saturated carbocycles. The van der Waals surface area contributed by atoms with Gasteiger partial charge >= 0.3 is 23.9 Å². The van der Waals surface area contributed by atoms with Gasteiger partial charge in [0.2, 0.25) is 0 Å². The summed E-state index contributed by atoms with van der Waals surface area (Å²) in [6.45, 7) is 0.208. The molecule has 146 valence electrons. The van der Waals surface area contributed by atoms with E-state index in [4.69, 9.17) is 29.2 Å². The number of rotatable bonds is 10. The van der Waals surface area contributed by atoms with E-state index in [0.717, 1.165) is 0 Å². The summed E-state index contributed by atoms with van der Waals surface area (Å²) in [5.41, 5.74) is 0. The van der Waals surface area contributed by atoms with E-state index in [1.54, 1.807) is 0 Å². The van der Waals surface area contributed by atoms with Crippen LogP contribution in [0.1, 0.15) is 38.5 Å². The molecule has 0 aliphatic carbocycles. The van der Waals surface area contributed by atoms with E-state index >= 15 is 0 Å². The lowest BCUT2D eigenvalue weighted by atomic mass is 10.1. The SMILES string of the molecule is O=C(O)CCCC(=O)O[C@H]1CO[C@H]2[C@@H]1OC[C@@H]2OC(=O)CCCC(=O)O. The molecular formula is C16H22O10. The molecule has 0 amide bonds. The molecule has 2 rings (SSSR count). The quantitative estimate of drug-likeness (QED) is 0.505. The van der Waals surface area contributed by atoms with E-state index in [1.165, 1.54) is 0 Å². The monoisotopic (exact) mass is 374 g/mol. The van der Waals surface area contributed by atoms with Gasteiger partial charge in [-0.25, -0.2) is 0 Å². The van der Waals surface area contributed by atoms with Crippen molar-refractivity contribution in [2.45, 2.75) is 62.9 Å². The summed E-state index contributed by atoms with van der Waals surface area (Å²) in [6.07, 6.45) is -2.23. The summed E-state index contributed by atoms with van der Waals surface area (Å²) in [4.78, 5) is 44.4. The zero-order chi connectivity index (χ0) is 19.1. The number of carbonyl (C=O) groups excluding carboxylic acids is 2. The third-order valence-electron chi connectivity index (χ3n) is 4.07. The highest BCUT2D eigenvalue weighted by Crippen LogP contribution is 2.31. The van der Waals surface area contributed by atoms with Crippen LogP contribution in [0.3, 0.4) is 0 Å². The van der Waals surface area contributed by atoms with Gasteiger partial charge in [0.25, 0.3) is 0 Å². The Hall–Kier alpha value is -2.20. The van der Waals surface area contributed by atoms with Gasteiger partial charge in [-0.1, -0.05) is 0 Å². The molecule has 0 bridgehead atoms. The minimum atomic E-state index is -0.978. The first-order valence-electron chi connectivity index (χ1n) is 8.42. The lowest BCUT2D eigenvalue weighted by Crippen LogP contribution is -2.36. The van der Waals surface area contributed by atoms with Crippen LogP contribution in [-0.4, -0.2) is 71.7 Å². The first-order valence-corrected chi connectivity index (χ1v) is 8.42. The highest BCUT2D eigenvalue weighted by molar-refractivity contribution is 5.72. The van der Waals surface area contributed by atoms with Crippen LogP contribution in [0, 0.1) is 0 Å². The maximum absolute atomic E-state index is 11.7. The van der Waals surface area contributed by atoms with Gasteiger partial charge in [0, 0.05) is 25.7 Å². The highest BCUT2D eigenvalue weighted by Gasteiger charge is 2.51. The predicted octanol–water partition coefficient (Wildman–Crippen LogP) is 0.117. The number of ether oxygens (including phenoxy) is 4. The van der Waals surface area contributed by atoms with Gasteiger partial charge in [-0.15, -0.1) is 0 Å². The second kappa shape index (κ2) is 9.48. The molecule has 0 aromatic rings. The highest BCUT2D eigenvalue weighted by atomic mass is 16.7. The Morgan fingerprint density at radius 1 is 0.731 bits per heavy atom. The van der Waals surface area contributed by atoms with E-state index in [2.05, 4.69) is 0 Å². The van der Waals surface area contributed by atoms with E-state index in [1.807, 2.05) is 0 Å². The summed E-state index contributed by atoms with van der Waals surface area (Å²) in [5.74, 6) is -3.01. The summed E-state index contributed by atoms with van der Waals surface area (Å²) in [5, 5.41) is 17.1. The fourth-order valence-corrected chi connectivity index (χ4v) is 2.85. The number of carbonyl (C=O) groups is 4. The van der Waals surface area contributed by atoms with Crippen LogP contribution >= 0.6 is 0 Å². The van der Waals surface area contributed by atoms with Crippen molar-refractivity contribution in [2.75, 3.05) is 13.2 Å². The smallest absolute Gasteiger partial charge is 0.306 e. The molecule has 10 heteroatoms. The lowest BCUT2D eigenvalue weighted by Gasteiger charge is -2.17. The van der Waals surface area contributed by atoms with Gasteiger partial charge < -0.3 is 29.2 Å². The largest absolute Gasteiger partial charge is 0.481 e. The van der Waals surface area contributed by atoms with Crippen LogP contribution in [0.5, 0.6) is 0 Å². The van der Waals surface area contributed by atoms with Crippen LogP contribution in [0.4, 0.5) is 0 Å². The van der Waals surface area contributed by atoms with Gasteiger partial charge in [-0.05, 0) is 12.8 Å². The van der Waals surface area contributed by atoms with E-state index in [-0.39, 0.29) is 51.7 Å². The molecule has 2 aliphatic rings. The maximum Gasteiger partial charge on any atom is 0.306 e. The summed E-state index contributed by atoms with van der Waals surface area (Å²) in [7, 11) is 0. The van der Waals surface area contributed by atoms with Crippen molar-refractivity contribution in [2.24, 2.45) is 0 Å². The summed E-state index contributed by atoms with van der Waals surface area (Å²) in [6, 6.07) is 0. The molecule has 2 aliphatic heterocycles. The molecule has 0 unspecified atom stereocenters. The molecule has 2 fully saturated rings. The molecule has 2 N–H and O–H groups in total. The number of esters is 2. The van der Waals surface area contributed by atoms with Crippen LogP contribution in [-0.2, 0) is 38.1 Å². The van der Waals surface area contributed by atoms with Crippen molar-refractivity contribution in [1.29, 1.82) is 0 Å². The van der Waals surface area contributed by atoms with Gasteiger partial charge in [-0.3, -0.25) is 19.2 Å². The van der Waals surface area contributed by atoms with Gasteiger partial charge in [0.1, 0.15) is 12.2 Å². The zero-order valence-electron chi connectivity index (χ0n) is 14.1. The first-order chi connectivity index (χ1) is 12.4. The third kappa shape index (κ3) is 5.95. The van der Waals surface area contributed by atoms with Crippen molar-refractivity contribution < 1.29 is 48.3 Å². The third-order valence-corrected chi connectivity index (χ3v) is 4.07. The predicted molar refractivity (Wildman–Crippen MR) is 82.2 cm³/mol. The molecule has 0 spiro atoms. The van der Waals surface area contributed by atoms with Gasteiger partial charge in [0.15, 0.2) is 12.2 Å². The summed E-state index contributed by atoms with van der Waals surface area (Å²) >= 11 is 0. The van der Waals surface area contributed by atoms with Gasteiger partial charge in [-0.2, -0.15) is 0 Å². The molecular weight excluding hydrogens is 352 g/mol. The fourth-order valence-electron chi connectivity index (χ4n) is 2.85. The Bertz CT molecular complexity index is 497. The topological polar surface area (TPSA) is 146 Å².